The summed E-state index contributed by atoms with van der Waals surface area (Å²) in [6.45, 7) is 12.2. The molecule has 0 amide bonds. The maximum absolute atomic E-state index is 4.05. The zero-order valence-corrected chi connectivity index (χ0v) is 9.16. The van der Waals surface area contributed by atoms with Crippen LogP contribution in [0, 0.1) is 5.92 Å². The lowest BCUT2D eigenvalue weighted by Gasteiger charge is -2.22. The van der Waals surface area contributed by atoms with Gasteiger partial charge in [0.1, 0.15) is 0 Å². The van der Waals surface area contributed by atoms with Gasteiger partial charge in [-0.3, -0.25) is 0 Å². The highest BCUT2D eigenvalue weighted by atomic mass is 15.1. The Balaban J connectivity index is 2.78. The Morgan fingerprint density at radius 3 is 2.64 bits per heavy atom. The van der Waals surface area contributed by atoms with Crippen molar-refractivity contribution in [3.05, 3.63) is 48.6 Å². The van der Waals surface area contributed by atoms with Crippen LogP contribution in [0.15, 0.2) is 48.6 Å². The van der Waals surface area contributed by atoms with Crippen molar-refractivity contribution in [3.8, 4) is 0 Å². The normalized spacial score (nSPS) is 30.0. The van der Waals surface area contributed by atoms with Crippen LogP contribution in [0.4, 0.5) is 0 Å². The van der Waals surface area contributed by atoms with E-state index in [0.717, 1.165) is 18.7 Å². The van der Waals surface area contributed by atoms with Crippen LogP contribution < -0.4 is 0 Å². The Kier molecular flexibility index (Phi) is 3.90. The van der Waals surface area contributed by atoms with Crippen LogP contribution in [-0.2, 0) is 0 Å². The fourth-order valence-electron chi connectivity index (χ4n) is 1.58. The van der Waals surface area contributed by atoms with Gasteiger partial charge < -0.3 is 4.90 Å². The minimum absolute atomic E-state index is 0.510. The molecule has 0 spiro atoms. The van der Waals surface area contributed by atoms with Crippen LogP contribution >= 0.6 is 0 Å². The molecule has 0 aromatic heterocycles. The molecule has 0 aromatic carbocycles. The summed E-state index contributed by atoms with van der Waals surface area (Å²) in [7, 11) is 2.12. The number of allylic oxidation sites excluding steroid dienone is 3. The van der Waals surface area contributed by atoms with Crippen molar-refractivity contribution in [3.63, 3.8) is 0 Å². The average Bonchev–Trinajstić information content (AvgIpc) is 2.10. The lowest BCUT2D eigenvalue weighted by atomic mass is 10.0. The smallest absolute Gasteiger partial charge is 0.0225 e. The topological polar surface area (TPSA) is 3.24 Å². The monoisotopic (exact) mass is 189 g/mol. The number of hydrogen-bond donors (Lipinski definition) is 0. The first-order chi connectivity index (χ1) is 6.59. The van der Waals surface area contributed by atoms with Gasteiger partial charge in [0.2, 0.25) is 0 Å². The number of rotatable bonds is 0. The molecule has 0 aromatic rings. The van der Waals surface area contributed by atoms with E-state index >= 15 is 0 Å². The standard InChI is InChI=1S/C13H19N/c1-11-7-5-6-8-12(2)13(3)10-14(4)9-11/h5-8,13H,1-2,9-10H2,3-4H3/b7-5-,8-6-. The van der Waals surface area contributed by atoms with E-state index in [2.05, 4.69) is 44.2 Å². The third kappa shape index (κ3) is 3.35. The number of likely N-dealkylation sites (N-methyl/N-ethyl adjacent to an activating group) is 1. The van der Waals surface area contributed by atoms with Gasteiger partial charge in [0.15, 0.2) is 0 Å². The molecule has 14 heavy (non-hydrogen) atoms. The van der Waals surface area contributed by atoms with Crippen LogP contribution in [-0.4, -0.2) is 25.0 Å². The van der Waals surface area contributed by atoms with Crippen LogP contribution in [0.1, 0.15) is 6.92 Å². The van der Waals surface area contributed by atoms with Crippen molar-refractivity contribution < 1.29 is 0 Å². The van der Waals surface area contributed by atoms with Gasteiger partial charge in [-0.05, 0) is 18.5 Å². The van der Waals surface area contributed by atoms with E-state index in [9.17, 15) is 0 Å². The highest BCUT2D eigenvalue weighted by molar-refractivity contribution is 5.27. The maximum Gasteiger partial charge on any atom is 0.0225 e. The summed E-state index contributed by atoms with van der Waals surface area (Å²) >= 11 is 0. The molecule has 0 saturated carbocycles. The highest BCUT2D eigenvalue weighted by Gasteiger charge is 2.08. The van der Waals surface area contributed by atoms with Gasteiger partial charge in [0.05, 0.1) is 0 Å². The van der Waals surface area contributed by atoms with Crippen LogP contribution in [0.5, 0.6) is 0 Å². The molecule has 1 rings (SSSR count). The molecule has 0 N–H and O–H groups in total. The summed E-state index contributed by atoms with van der Waals surface area (Å²) in [5.41, 5.74) is 2.34. The van der Waals surface area contributed by atoms with Crippen LogP contribution in [0.2, 0.25) is 0 Å². The predicted molar refractivity (Wildman–Crippen MR) is 63.2 cm³/mol. The highest BCUT2D eigenvalue weighted by Crippen LogP contribution is 2.13. The van der Waals surface area contributed by atoms with Gasteiger partial charge in [-0.2, -0.15) is 0 Å². The number of nitrogens with zero attached hydrogens (tertiary/aromatic N) is 1. The summed E-state index contributed by atoms with van der Waals surface area (Å²) in [5.74, 6) is 0.510. The lowest BCUT2D eigenvalue weighted by Crippen LogP contribution is -2.26. The molecule has 1 heterocycles. The first kappa shape index (κ1) is 11.0. The van der Waals surface area contributed by atoms with Crippen molar-refractivity contribution in [2.45, 2.75) is 6.92 Å². The molecule has 76 valence electrons. The van der Waals surface area contributed by atoms with Gasteiger partial charge >= 0.3 is 0 Å². The molecule has 1 nitrogen and oxygen atoms in total. The van der Waals surface area contributed by atoms with Crippen molar-refractivity contribution in [1.82, 2.24) is 4.90 Å². The molecule has 0 aliphatic carbocycles. The Hall–Kier alpha value is -1.08. The first-order valence-corrected chi connectivity index (χ1v) is 4.99. The van der Waals surface area contributed by atoms with Crippen molar-refractivity contribution in [2.24, 2.45) is 5.92 Å². The molecule has 1 heteroatoms. The quantitative estimate of drug-likeness (QED) is 0.566. The molecule has 0 fully saturated rings. The molecule has 1 unspecified atom stereocenters. The third-order valence-corrected chi connectivity index (χ3v) is 2.44. The molecule has 0 saturated heterocycles. The lowest BCUT2D eigenvalue weighted by molar-refractivity contribution is 0.330. The molecule has 0 bridgehead atoms. The van der Waals surface area contributed by atoms with E-state index in [-0.39, 0.29) is 0 Å². The summed E-state index contributed by atoms with van der Waals surface area (Å²) < 4.78 is 0. The summed E-state index contributed by atoms with van der Waals surface area (Å²) in [6.07, 6.45) is 8.19. The van der Waals surface area contributed by atoms with E-state index in [0.29, 0.717) is 5.92 Å². The van der Waals surface area contributed by atoms with Gasteiger partial charge in [0, 0.05) is 13.1 Å². The van der Waals surface area contributed by atoms with Crippen LogP contribution in [0.3, 0.4) is 0 Å². The summed E-state index contributed by atoms with van der Waals surface area (Å²) in [6, 6.07) is 0. The Labute approximate surface area is 87.1 Å². The summed E-state index contributed by atoms with van der Waals surface area (Å²) in [5, 5.41) is 0. The molecule has 1 aliphatic heterocycles. The zero-order chi connectivity index (χ0) is 10.6. The van der Waals surface area contributed by atoms with E-state index < -0.39 is 0 Å². The number of hydrogen-bond acceptors (Lipinski definition) is 1. The molecule has 1 atom stereocenters. The van der Waals surface area contributed by atoms with Crippen molar-refractivity contribution in [2.75, 3.05) is 20.1 Å². The van der Waals surface area contributed by atoms with E-state index in [1.54, 1.807) is 0 Å². The fourth-order valence-corrected chi connectivity index (χ4v) is 1.58. The van der Waals surface area contributed by atoms with Gasteiger partial charge in [-0.25, -0.2) is 0 Å². The minimum atomic E-state index is 0.510. The summed E-state index contributed by atoms with van der Waals surface area (Å²) in [4.78, 5) is 2.28. The van der Waals surface area contributed by atoms with Crippen molar-refractivity contribution in [1.29, 1.82) is 0 Å². The average molecular weight is 189 g/mol. The van der Waals surface area contributed by atoms with E-state index in [1.807, 2.05) is 12.2 Å². The fraction of sp³-hybridized carbons (Fsp3) is 0.385. The largest absolute Gasteiger partial charge is 0.302 e. The minimum Gasteiger partial charge on any atom is -0.302 e. The predicted octanol–water partition coefficient (Wildman–Crippen LogP) is 2.79. The zero-order valence-electron chi connectivity index (χ0n) is 9.16. The maximum atomic E-state index is 4.05. The van der Waals surface area contributed by atoms with Crippen LogP contribution in [0.25, 0.3) is 0 Å². The van der Waals surface area contributed by atoms with Gasteiger partial charge in [0.25, 0.3) is 0 Å². The van der Waals surface area contributed by atoms with E-state index in [4.69, 9.17) is 0 Å². The second-order valence-corrected chi connectivity index (χ2v) is 4.05. The van der Waals surface area contributed by atoms with E-state index in [1.165, 1.54) is 5.57 Å². The van der Waals surface area contributed by atoms with Crippen molar-refractivity contribution >= 4 is 0 Å². The third-order valence-electron chi connectivity index (χ3n) is 2.44. The SMILES string of the molecule is C=C1/C=C\C=C/C(=C)C(C)CN(C)C1. The second-order valence-electron chi connectivity index (χ2n) is 4.05. The molecular formula is C13H19N. The molecular weight excluding hydrogens is 170 g/mol. The molecule has 1 aliphatic rings. The first-order valence-electron chi connectivity index (χ1n) is 4.99. The second kappa shape index (κ2) is 4.97. The van der Waals surface area contributed by atoms with Gasteiger partial charge in [-0.15, -0.1) is 0 Å². The van der Waals surface area contributed by atoms with Gasteiger partial charge in [-0.1, -0.05) is 50.0 Å². The Morgan fingerprint density at radius 1 is 1.29 bits per heavy atom. The Morgan fingerprint density at radius 2 is 1.93 bits per heavy atom. The Bertz CT molecular complexity index is 284. The molecule has 0 radical (unpaired) electrons.